The highest BCUT2D eigenvalue weighted by atomic mass is 14.1. The van der Waals surface area contributed by atoms with E-state index in [4.69, 9.17) is 0 Å². The molecular formula is C20H22. The maximum absolute atomic E-state index is 2.39. The molecule has 0 heterocycles. The highest BCUT2D eigenvalue weighted by Gasteiger charge is 2.08. The molecule has 0 amide bonds. The Kier molecular flexibility index (Phi) is 4.01. The Labute approximate surface area is 121 Å². The van der Waals surface area contributed by atoms with Crippen molar-refractivity contribution in [1.82, 2.24) is 0 Å². The molecule has 1 aromatic carbocycles. The van der Waals surface area contributed by atoms with Crippen molar-refractivity contribution in [2.24, 2.45) is 0 Å². The van der Waals surface area contributed by atoms with Gasteiger partial charge in [0.05, 0.1) is 0 Å². The largest absolute Gasteiger partial charge is 0.0654 e. The minimum absolute atomic E-state index is 1.21. The lowest BCUT2D eigenvalue weighted by molar-refractivity contribution is 0.667. The van der Waals surface area contributed by atoms with Crippen LogP contribution in [-0.4, -0.2) is 0 Å². The van der Waals surface area contributed by atoms with Crippen molar-refractivity contribution in [3.05, 3.63) is 60.2 Å². The summed E-state index contributed by atoms with van der Waals surface area (Å²) in [7, 11) is 0. The summed E-state index contributed by atoms with van der Waals surface area (Å²) in [6.45, 7) is 2.27. The highest BCUT2D eigenvalue weighted by molar-refractivity contribution is 6.02. The Morgan fingerprint density at radius 1 is 0.800 bits per heavy atom. The Morgan fingerprint density at radius 2 is 1.70 bits per heavy atom. The van der Waals surface area contributed by atoms with Crippen LogP contribution in [0.25, 0.3) is 21.9 Å². The van der Waals surface area contributed by atoms with Gasteiger partial charge in [-0.2, -0.15) is 0 Å². The molecule has 0 aromatic heterocycles. The summed E-state index contributed by atoms with van der Waals surface area (Å²) >= 11 is 0. The molecular weight excluding hydrogens is 240 g/mol. The first-order valence-corrected chi connectivity index (χ1v) is 7.79. The fourth-order valence-corrected chi connectivity index (χ4v) is 2.97. The molecule has 1 aromatic rings. The molecule has 20 heavy (non-hydrogen) atoms. The quantitative estimate of drug-likeness (QED) is 0.490. The molecule has 0 saturated heterocycles. The third-order valence-electron chi connectivity index (χ3n) is 4.11. The van der Waals surface area contributed by atoms with Crippen LogP contribution in [0, 0.1) is 0 Å². The smallest absolute Gasteiger partial charge is 0.0102 e. The minimum Gasteiger partial charge on any atom is -0.0654 e. The van der Waals surface area contributed by atoms with Gasteiger partial charge in [0.25, 0.3) is 0 Å². The second kappa shape index (κ2) is 6.09. The molecule has 0 unspecified atom stereocenters. The van der Waals surface area contributed by atoms with Crippen LogP contribution in [0.2, 0.25) is 0 Å². The predicted octanol–water partition coefficient (Wildman–Crippen LogP) is 6.07. The van der Waals surface area contributed by atoms with Crippen molar-refractivity contribution < 1.29 is 0 Å². The Hall–Kier alpha value is -1.82. The van der Waals surface area contributed by atoms with Gasteiger partial charge in [0, 0.05) is 0 Å². The van der Waals surface area contributed by atoms with Crippen LogP contribution < -0.4 is 0 Å². The average Bonchev–Trinajstić information content (AvgIpc) is 2.65. The summed E-state index contributed by atoms with van der Waals surface area (Å²) in [6.07, 6.45) is 6.54. The van der Waals surface area contributed by atoms with Gasteiger partial charge in [-0.25, -0.2) is 0 Å². The maximum atomic E-state index is 2.39. The van der Waals surface area contributed by atoms with Gasteiger partial charge in [0.1, 0.15) is 0 Å². The van der Waals surface area contributed by atoms with E-state index < -0.39 is 0 Å². The zero-order valence-electron chi connectivity index (χ0n) is 12.2. The summed E-state index contributed by atoms with van der Waals surface area (Å²) in [5.74, 6) is 0. The molecule has 3 rings (SSSR count). The van der Waals surface area contributed by atoms with Gasteiger partial charge < -0.3 is 0 Å². The number of hydrogen-bond acceptors (Lipinski definition) is 0. The molecule has 0 saturated carbocycles. The molecule has 0 spiro atoms. The molecule has 0 nitrogen and oxygen atoms in total. The van der Waals surface area contributed by atoms with Gasteiger partial charge in [-0.1, -0.05) is 74.7 Å². The Morgan fingerprint density at radius 3 is 2.60 bits per heavy atom. The van der Waals surface area contributed by atoms with Gasteiger partial charge in [-0.3, -0.25) is 0 Å². The van der Waals surface area contributed by atoms with E-state index in [2.05, 4.69) is 61.5 Å². The monoisotopic (exact) mass is 262 g/mol. The van der Waals surface area contributed by atoms with Crippen molar-refractivity contribution in [2.75, 3.05) is 0 Å². The number of unbranched alkanes of at least 4 members (excludes halogenated alkanes) is 3. The van der Waals surface area contributed by atoms with E-state index in [0.29, 0.717) is 0 Å². The fourth-order valence-electron chi connectivity index (χ4n) is 2.97. The third kappa shape index (κ3) is 2.70. The molecule has 0 fully saturated rings. The molecule has 0 N–H and O–H groups in total. The molecule has 0 aliphatic heterocycles. The van der Waals surface area contributed by atoms with Gasteiger partial charge in [-0.05, 0) is 46.4 Å². The second-order valence-electron chi connectivity index (χ2n) is 5.66. The fraction of sp³-hybridized carbons (Fsp3) is 0.300. The summed E-state index contributed by atoms with van der Waals surface area (Å²) in [5, 5.41) is 2.77. The van der Waals surface area contributed by atoms with Gasteiger partial charge in [0.2, 0.25) is 0 Å². The first-order chi connectivity index (χ1) is 9.88. The van der Waals surface area contributed by atoms with E-state index in [9.17, 15) is 0 Å². The van der Waals surface area contributed by atoms with Crippen LogP contribution in [-0.2, 0) is 6.42 Å². The number of fused-ring (bicyclic) bond motifs is 3. The first kappa shape index (κ1) is 13.2. The van der Waals surface area contributed by atoms with Gasteiger partial charge >= 0.3 is 0 Å². The topological polar surface area (TPSA) is 0 Å². The Balaban J connectivity index is 1.90. The van der Waals surface area contributed by atoms with Crippen molar-refractivity contribution in [2.45, 2.75) is 39.0 Å². The van der Waals surface area contributed by atoms with Crippen LogP contribution in [0.5, 0.6) is 0 Å². The molecule has 2 aliphatic carbocycles. The predicted molar refractivity (Wildman–Crippen MR) is 88.4 cm³/mol. The first-order valence-electron chi connectivity index (χ1n) is 7.79. The van der Waals surface area contributed by atoms with E-state index in [1.54, 1.807) is 0 Å². The lowest BCUT2D eigenvalue weighted by atomic mass is 10.0. The molecule has 102 valence electrons. The van der Waals surface area contributed by atoms with Crippen molar-refractivity contribution in [3.63, 3.8) is 0 Å². The van der Waals surface area contributed by atoms with Crippen LogP contribution >= 0.6 is 0 Å². The van der Waals surface area contributed by atoms with E-state index in [1.807, 2.05) is 0 Å². The van der Waals surface area contributed by atoms with Crippen molar-refractivity contribution in [1.29, 1.82) is 0 Å². The Bertz CT molecular complexity index is 666. The minimum atomic E-state index is 1.21. The summed E-state index contributed by atoms with van der Waals surface area (Å²) in [5.41, 5.74) is 4.20. The molecule has 0 atom stereocenters. The number of aryl methyl sites for hydroxylation is 1. The number of rotatable bonds is 5. The lowest BCUT2D eigenvalue weighted by Crippen LogP contribution is -1.85. The SMILES string of the molecule is CCCCCCc1ccc2cc3cccccc-3c2c1. The van der Waals surface area contributed by atoms with Crippen molar-refractivity contribution in [3.8, 4) is 11.1 Å². The number of hydrogen-bond donors (Lipinski definition) is 0. The standard InChI is InChI=1S/C20H22/c1-2-3-4-6-9-16-12-13-18-15-17-10-7-5-8-11-19(17)20(18)14-16/h5,7-8,10-15H,2-4,6,9H2,1H3. The van der Waals surface area contributed by atoms with Crippen LogP contribution in [0.1, 0.15) is 38.2 Å². The van der Waals surface area contributed by atoms with Crippen LogP contribution in [0.3, 0.4) is 0 Å². The third-order valence-corrected chi connectivity index (χ3v) is 4.11. The molecule has 0 heteroatoms. The summed E-state index contributed by atoms with van der Waals surface area (Å²) < 4.78 is 0. The van der Waals surface area contributed by atoms with E-state index in [0.717, 1.165) is 0 Å². The van der Waals surface area contributed by atoms with Crippen LogP contribution in [0.15, 0.2) is 54.6 Å². The van der Waals surface area contributed by atoms with Gasteiger partial charge in [-0.15, -0.1) is 0 Å². The average molecular weight is 262 g/mol. The summed E-state index contributed by atoms with van der Waals surface area (Å²) in [4.78, 5) is 0. The van der Waals surface area contributed by atoms with E-state index in [1.165, 1.54) is 59.6 Å². The summed E-state index contributed by atoms with van der Waals surface area (Å²) in [6, 6.07) is 20.1. The van der Waals surface area contributed by atoms with E-state index in [-0.39, 0.29) is 0 Å². The highest BCUT2D eigenvalue weighted by Crippen LogP contribution is 2.34. The lowest BCUT2D eigenvalue weighted by Gasteiger charge is -2.02. The van der Waals surface area contributed by atoms with Crippen LogP contribution in [0.4, 0.5) is 0 Å². The molecule has 2 aliphatic rings. The second-order valence-corrected chi connectivity index (χ2v) is 5.66. The maximum Gasteiger partial charge on any atom is -0.0102 e. The van der Waals surface area contributed by atoms with Crippen molar-refractivity contribution >= 4 is 10.8 Å². The normalized spacial score (nSPS) is 11.2. The molecule has 0 bridgehead atoms. The zero-order valence-corrected chi connectivity index (χ0v) is 12.2. The number of benzene rings is 1. The zero-order chi connectivity index (χ0) is 13.8. The van der Waals surface area contributed by atoms with Gasteiger partial charge in [0.15, 0.2) is 0 Å². The molecule has 0 radical (unpaired) electrons. The van der Waals surface area contributed by atoms with E-state index >= 15 is 0 Å².